The maximum atomic E-state index is 13.3. The molecule has 8 nitrogen and oxygen atoms in total. The number of carbonyl (C=O) groups excluding carboxylic acids is 4. The van der Waals surface area contributed by atoms with E-state index in [1.54, 1.807) is 104 Å². The molecule has 1 aliphatic heterocycles. The van der Waals surface area contributed by atoms with Crippen molar-refractivity contribution in [1.82, 2.24) is 10.2 Å². The number of thioether (sulfide) groups is 1. The van der Waals surface area contributed by atoms with Crippen LogP contribution in [-0.2, 0) is 4.79 Å². The van der Waals surface area contributed by atoms with Crippen LogP contribution in [0.15, 0.2) is 114 Å². The largest absolute Gasteiger partial charge is 0.497 e. The highest BCUT2D eigenvalue weighted by atomic mass is 32.2. The zero-order chi connectivity index (χ0) is 30.2. The molecule has 0 atom stereocenters. The topological polar surface area (TPSA) is 105 Å². The van der Waals surface area contributed by atoms with Crippen molar-refractivity contribution in [2.75, 3.05) is 24.7 Å². The van der Waals surface area contributed by atoms with Gasteiger partial charge in [-0.15, -0.1) is 11.8 Å². The normalized spacial score (nSPS) is 12.6. The van der Waals surface area contributed by atoms with Gasteiger partial charge in [-0.05, 0) is 84.5 Å². The van der Waals surface area contributed by atoms with E-state index in [2.05, 4.69) is 10.6 Å². The molecule has 4 amide bonds. The Kier molecular flexibility index (Phi) is 9.33. The average Bonchev–Trinajstić information content (AvgIpc) is 3.28. The van der Waals surface area contributed by atoms with Crippen molar-refractivity contribution in [1.29, 1.82) is 0 Å². The van der Waals surface area contributed by atoms with Crippen molar-refractivity contribution in [3.63, 3.8) is 0 Å². The molecule has 0 unspecified atom stereocenters. The minimum atomic E-state index is -0.478. The van der Waals surface area contributed by atoms with Crippen molar-refractivity contribution in [3.05, 3.63) is 131 Å². The summed E-state index contributed by atoms with van der Waals surface area (Å²) in [6, 6.07) is 30.1. The molecule has 4 aromatic rings. The lowest BCUT2D eigenvalue weighted by molar-refractivity contribution is -0.113. The van der Waals surface area contributed by atoms with E-state index in [0.29, 0.717) is 52.4 Å². The molecule has 0 saturated carbocycles. The highest BCUT2D eigenvalue weighted by molar-refractivity contribution is 7.99. The van der Waals surface area contributed by atoms with Crippen molar-refractivity contribution in [2.45, 2.75) is 11.3 Å². The number of hydrogen-bond donors (Lipinski definition) is 2. The first kappa shape index (κ1) is 29.3. The van der Waals surface area contributed by atoms with E-state index in [1.165, 1.54) is 4.90 Å². The zero-order valence-corrected chi connectivity index (χ0v) is 24.2. The van der Waals surface area contributed by atoms with Crippen LogP contribution >= 0.6 is 11.8 Å². The number of rotatable bonds is 11. The van der Waals surface area contributed by atoms with Crippen molar-refractivity contribution >= 4 is 47.2 Å². The summed E-state index contributed by atoms with van der Waals surface area (Å²) in [4.78, 5) is 53.5. The van der Waals surface area contributed by atoms with E-state index in [9.17, 15) is 19.2 Å². The van der Waals surface area contributed by atoms with E-state index >= 15 is 0 Å². The van der Waals surface area contributed by atoms with E-state index in [0.717, 1.165) is 4.90 Å². The fraction of sp³-hybridized carbons (Fsp3) is 0.118. The molecule has 216 valence electrons. The van der Waals surface area contributed by atoms with E-state index in [4.69, 9.17) is 4.74 Å². The van der Waals surface area contributed by atoms with Gasteiger partial charge in [-0.2, -0.15) is 0 Å². The Bertz CT molecular complexity index is 1650. The van der Waals surface area contributed by atoms with Crippen LogP contribution in [0.4, 0.5) is 5.69 Å². The fourth-order valence-corrected chi connectivity index (χ4v) is 5.37. The molecule has 5 rings (SSSR count). The lowest BCUT2D eigenvalue weighted by Crippen LogP contribution is -2.31. The smallest absolute Gasteiger partial charge is 0.272 e. The molecule has 2 N–H and O–H groups in total. The number of methoxy groups -OCH3 is 1. The fourth-order valence-electron chi connectivity index (χ4n) is 4.53. The number of fused-ring (bicyclic) bond motifs is 1. The number of benzene rings is 4. The second kappa shape index (κ2) is 13.7. The molecule has 0 bridgehead atoms. The monoisotopic (exact) mass is 591 g/mol. The number of nitrogens with zero attached hydrogens (tertiary/aromatic N) is 1. The molecule has 0 spiro atoms. The Hall–Kier alpha value is -5.15. The quantitative estimate of drug-likeness (QED) is 0.0977. The molecule has 9 heteroatoms. The molecular weight excluding hydrogens is 562 g/mol. The van der Waals surface area contributed by atoms with Gasteiger partial charge < -0.3 is 15.4 Å². The summed E-state index contributed by atoms with van der Waals surface area (Å²) in [7, 11) is 1.56. The van der Waals surface area contributed by atoms with Gasteiger partial charge in [-0.25, -0.2) is 0 Å². The van der Waals surface area contributed by atoms with Gasteiger partial charge in [0.25, 0.3) is 23.6 Å². The van der Waals surface area contributed by atoms with Crippen molar-refractivity contribution in [2.24, 2.45) is 0 Å². The van der Waals surface area contributed by atoms with Crippen LogP contribution in [0.1, 0.15) is 43.1 Å². The molecule has 0 aliphatic carbocycles. The van der Waals surface area contributed by atoms with Crippen LogP contribution in [0, 0.1) is 0 Å². The maximum Gasteiger partial charge on any atom is 0.272 e. The van der Waals surface area contributed by atoms with Gasteiger partial charge in [-0.1, -0.05) is 42.5 Å². The third-order valence-corrected chi connectivity index (χ3v) is 7.82. The molecule has 0 radical (unpaired) electrons. The lowest BCUT2D eigenvalue weighted by Gasteiger charge is -2.13. The van der Waals surface area contributed by atoms with E-state index in [1.807, 2.05) is 24.3 Å². The average molecular weight is 592 g/mol. The van der Waals surface area contributed by atoms with Gasteiger partial charge in [0.15, 0.2) is 0 Å². The van der Waals surface area contributed by atoms with E-state index in [-0.39, 0.29) is 17.5 Å². The zero-order valence-electron chi connectivity index (χ0n) is 23.4. The second-order valence-electron chi connectivity index (χ2n) is 9.64. The van der Waals surface area contributed by atoms with Crippen LogP contribution < -0.4 is 15.4 Å². The van der Waals surface area contributed by atoms with E-state index < -0.39 is 11.8 Å². The van der Waals surface area contributed by atoms with Gasteiger partial charge in [0.05, 0.1) is 18.2 Å². The summed E-state index contributed by atoms with van der Waals surface area (Å²) in [5, 5.41) is 5.59. The number of anilines is 1. The number of amides is 4. The predicted molar refractivity (Wildman–Crippen MR) is 167 cm³/mol. The number of ether oxygens (including phenoxy) is 1. The molecule has 0 saturated heterocycles. The molecule has 0 aromatic heterocycles. The lowest BCUT2D eigenvalue weighted by atomic mass is 10.1. The Labute approximate surface area is 253 Å². The maximum absolute atomic E-state index is 13.3. The Balaban J connectivity index is 1.19. The SMILES string of the molecule is COc1cccc(/C=C(\NC(=O)c2ccccc2)C(=O)Nc2ccc(SCCCN3C(=O)c4ccccc4C3=O)cc2)c1. The van der Waals surface area contributed by atoms with Crippen LogP contribution in [0.3, 0.4) is 0 Å². The summed E-state index contributed by atoms with van der Waals surface area (Å²) in [5.74, 6) is -0.0418. The van der Waals surface area contributed by atoms with Gasteiger partial charge in [-0.3, -0.25) is 24.1 Å². The number of hydrogen-bond acceptors (Lipinski definition) is 6. The number of imide groups is 1. The summed E-state index contributed by atoms with van der Waals surface area (Å²) in [6.07, 6.45) is 2.24. The molecule has 0 fully saturated rings. The first-order valence-corrected chi connectivity index (χ1v) is 14.6. The van der Waals surface area contributed by atoms with Gasteiger partial charge in [0, 0.05) is 22.7 Å². The Morgan fingerprint density at radius 2 is 1.51 bits per heavy atom. The summed E-state index contributed by atoms with van der Waals surface area (Å²) >= 11 is 1.59. The first-order chi connectivity index (χ1) is 20.9. The Morgan fingerprint density at radius 1 is 0.837 bits per heavy atom. The minimum Gasteiger partial charge on any atom is -0.497 e. The van der Waals surface area contributed by atoms with Crippen molar-refractivity contribution < 1.29 is 23.9 Å². The van der Waals surface area contributed by atoms with Gasteiger partial charge in [0.2, 0.25) is 0 Å². The van der Waals surface area contributed by atoms with Gasteiger partial charge >= 0.3 is 0 Å². The summed E-state index contributed by atoms with van der Waals surface area (Å²) in [6.45, 7) is 0.352. The highest BCUT2D eigenvalue weighted by Gasteiger charge is 2.34. The van der Waals surface area contributed by atoms with Gasteiger partial charge in [0.1, 0.15) is 11.4 Å². The number of nitrogens with one attached hydrogen (secondary N) is 2. The van der Waals surface area contributed by atoms with Crippen molar-refractivity contribution in [3.8, 4) is 5.75 Å². The minimum absolute atomic E-state index is 0.0775. The third kappa shape index (κ3) is 7.20. The van der Waals surface area contributed by atoms with Crippen LogP contribution in [-0.4, -0.2) is 47.9 Å². The Morgan fingerprint density at radius 3 is 2.19 bits per heavy atom. The molecule has 1 heterocycles. The summed E-state index contributed by atoms with van der Waals surface area (Å²) in [5.41, 5.74) is 2.67. The number of carbonyl (C=O) groups is 4. The summed E-state index contributed by atoms with van der Waals surface area (Å²) < 4.78 is 5.29. The third-order valence-electron chi connectivity index (χ3n) is 6.72. The first-order valence-electron chi connectivity index (χ1n) is 13.6. The van der Waals surface area contributed by atoms with Crippen LogP contribution in [0.2, 0.25) is 0 Å². The van der Waals surface area contributed by atoms with Crippen LogP contribution in [0.25, 0.3) is 6.08 Å². The predicted octanol–water partition coefficient (Wildman–Crippen LogP) is 5.88. The molecular formula is C34H29N3O5S. The van der Waals surface area contributed by atoms with Crippen LogP contribution in [0.5, 0.6) is 5.75 Å². The second-order valence-corrected chi connectivity index (χ2v) is 10.8. The molecule has 1 aliphatic rings. The molecule has 43 heavy (non-hydrogen) atoms. The molecule has 4 aromatic carbocycles. The standard InChI is InChI=1S/C34H29N3O5S/c1-42-26-12-7-9-23(21-26)22-30(36-31(38)24-10-3-2-4-11-24)32(39)35-25-15-17-27(18-16-25)43-20-8-19-37-33(40)28-13-5-6-14-29(28)34(37)41/h2-7,9-18,21-22H,8,19-20H2,1H3,(H,35,39)(H,36,38)/b30-22-. The highest BCUT2D eigenvalue weighted by Crippen LogP contribution is 2.25.